The summed E-state index contributed by atoms with van der Waals surface area (Å²) in [7, 11) is 1.49. The molecule has 1 aromatic carbocycles. The van der Waals surface area contributed by atoms with Gasteiger partial charge in [-0.2, -0.15) is 0 Å². The van der Waals surface area contributed by atoms with Gasteiger partial charge in [0.05, 0.1) is 7.11 Å². The first-order valence-electron chi connectivity index (χ1n) is 6.39. The maximum Gasteiger partial charge on any atom is 0.407 e. The van der Waals surface area contributed by atoms with Gasteiger partial charge in [0.15, 0.2) is 11.5 Å². The Kier molecular flexibility index (Phi) is 5.49. The number of rotatable bonds is 5. The van der Waals surface area contributed by atoms with Crippen molar-refractivity contribution in [2.75, 3.05) is 25.5 Å². The lowest BCUT2D eigenvalue weighted by atomic mass is 10.2. The number of aromatic hydroxyl groups is 1. The molecule has 0 saturated heterocycles. The van der Waals surface area contributed by atoms with Gasteiger partial charge >= 0.3 is 6.09 Å². The molecule has 0 spiro atoms. The van der Waals surface area contributed by atoms with E-state index >= 15 is 0 Å². The van der Waals surface area contributed by atoms with Gasteiger partial charge in [-0.15, -0.1) is 0 Å². The number of methoxy groups -OCH3 is 1. The van der Waals surface area contributed by atoms with Crippen molar-refractivity contribution in [3.05, 3.63) is 18.2 Å². The van der Waals surface area contributed by atoms with Gasteiger partial charge in [-0.05, 0) is 32.9 Å². The highest BCUT2D eigenvalue weighted by atomic mass is 16.6. The van der Waals surface area contributed by atoms with E-state index in [1.165, 1.54) is 7.11 Å². The van der Waals surface area contributed by atoms with Gasteiger partial charge in [0.1, 0.15) is 5.60 Å². The van der Waals surface area contributed by atoms with Crippen LogP contribution in [0.1, 0.15) is 20.8 Å². The summed E-state index contributed by atoms with van der Waals surface area (Å²) in [6.07, 6.45) is -0.447. The lowest BCUT2D eigenvalue weighted by Gasteiger charge is -2.19. The number of carbonyl (C=O) groups excluding carboxylic acids is 1. The van der Waals surface area contributed by atoms with Crippen LogP contribution in [0.4, 0.5) is 10.5 Å². The summed E-state index contributed by atoms with van der Waals surface area (Å²) in [5.41, 5.74) is 0.244. The molecule has 0 heterocycles. The Morgan fingerprint density at radius 3 is 2.55 bits per heavy atom. The molecule has 0 fully saturated rings. The van der Waals surface area contributed by atoms with E-state index in [-0.39, 0.29) is 5.75 Å². The molecule has 0 aliphatic rings. The van der Waals surface area contributed by atoms with Crippen molar-refractivity contribution in [2.24, 2.45) is 0 Å². The number of carbonyl (C=O) groups is 1. The van der Waals surface area contributed by atoms with Crippen LogP contribution < -0.4 is 15.4 Å². The molecule has 3 N–H and O–H groups in total. The van der Waals surface area contributed by atoms with E-state index in [0.717, 1.165) is 5.69 Å². The van der Waals surface area contributed by atoms with E-state index in [4.69, 9.17) is 9.47 Å². The number of anilines is 1. The zero-order valence-corrected chi connectivity index (χ0v) is 12.3. The average Bonchev–Trinajstić information content (AvgIpc) is 2.33. The molecule has 0 saturated carbocycles. The topological polar surface area (TPSA) is 79.8 Å². The number of benzene rings is 1. The molecule has 112 valence electrons. The summed E-state index contributed by atoms with van der Waals surface area (Å²) in [4.78, 5) is 11.4. The fraction of sp³-hybridized carbons (Fsp3) is 0.500. The number of alkyl carbamates (subject to hydrolysis) is 1. The van der Waals surface area contributed by atoms with E-state index < -0.39 is 11.7 Å². The minimum Gasteiger partial charge on any atom is -0.504 e. The van der Waals surface area contributed by atoms with E-state index in [2.05, 4.69) is 10.6 Å². The molecule has 0 aliphatic carbocycles. The number of nitrogens with one attached hydrogen (secondary N) is 2. The number of hydrogen-bond acceptors (Lipinski definition) is 5. The fourth-order valence-corrected chi connectivity index (χ4v) is 1.49. The van der Waals surface area contributed by atoms with Crippen LogP contribution in [0.3, 0.4) is 0 Å². The van der Waals surface area contributed by atoms with Crippen LogP contribution in [-0.2, 0) is 4.74 Å². The largest absolute Gasteiger partial charge is 0.504 e. The van der Waals surface area contributed by atoms with Crippen molar-refractivity contribution in [2.45, 2.75) is 26.4 Å². The molecule has 1 aromatic rings. The minimum absolute atomic E-state index is 0.0672. The SMILES string of the molecule is COc1ccc(NCCNC(=O)OC(C)(C)C)cc1O. The highest BCUT2D eigenvalue weighted by molar-refractivity contribution is 5.67. The Morgan fingerprint density at radius 2 is 2.00 bits per heavy atom. The van der Waals surface area contributed by atoms with Crippen LogP contribution in [0, 0.1) is 0 Å². The summed E-state index contributed by atoms with van der Waals surface area (Å²) in [6.45, 7) is 6.37. The second-order valence-corrected chi connectivity index (χ2v) is 5.24. The maximum absolute atomic E-state index is 11.4. The molecule has 6 heteroatoms. The zero-order chi connectivity index (χ0) is 15.2. The molecule has 6 nitrogen and oxygen atoms in total. The number of hydrogen-bond donors (Lipinski definition) is 3. The zero-order valence-electron chi connectivity index (χ0n) is 12.3. The first-order chi connectivity index (χ1) is 9.31. The Hall–Kier alpha value is -2.11. The van der Waals surface area contributed by atoms with Crippen molar-refractivity contribution in [1.82, 2.24) is 5.32 Å². The molecular formula is C14H22N2O4. The summed E-state index contributed by atoms with van der Waals surface area (Å²) in [5, 5.41) is 15.3. The van der Waals surface area contributed by atoms with Crippen molar-refractivity contribution in [3.8, 4) is 11.5 Å². The van der Waals surface area contributed by atoms with E-state index in [0.29, 0.717) is 18.8 Å². The first-order valence-corrected chi connectivity index (χ1v) is 6.39. The Morgan fingerprint density at radius 1 is 1.30 bits per heavy atom. The number of phenols is 1. The van der Waals surface area contributed by atoms with Crippen LogP contribution in [0.25, 0.3) is 0 Å². The predicted octanol–water partition coefficient (Wildman–Crippen LogP) is 2.34. The third-order valence-electron chi connectivity index (χ3n) is 2.30. The fourth-order valence-electron chi connectivity index (χ4n) is 1.49. The Balaban J connectivity index is 2.31. The van der Waals surface area contributed by atoms with Crippen LogP contribution in [0.15, 0.2) is 18.2 Å². The third kappa shape index (κ3) is 5.69. The van der Waals surface area contributed by atoms with E-state index in [1.54, 1.807) is 18.2 Å². The summed E-state index contributed by atoms with van der Waals surface area (Å²) in [6, 6.07) is 5.01. The van der Waals surface area contributed by atoms with Crippen molar-refractivity contribution < 1.29 is 19.4 Å². The third-order valence-corrected chi connectivity index (χ3v) is 2.30. The summed E-state index contributed by atoms with van der Waals surface area (Å²) < 4.78 is 10.1. The lowest BCUT2D eigenvalue weighted by molar-refractivity contribution is 0.0530. The normalized spacial score (nSPS) is 10.8. The van der Waals surface area contributed by atoms with Gasteiger partial charge in [-0.25, -0.2) is 4.79 Å². The van der Waals surface area contributed by atoms with Crippen LogP contribution in [0.2, 0.25) is 0 Å². The van der Waals surface area contributed by atoms with Gasteiger partial charge in [0.25, 0.3) is 0 Å². The average molecular weight is 282 g/mol. The van der Waals surface area contributed by atoms with Gasteiger partial charge in [-0.1, -0.05) is 0 Å². The summed E-state index contributed by atoms with van der Waals surface area (Å²) >= 11 is 0. The molecule has 1 rings (SSSR count). The minimum atomic E-state index is -0.501. The van der Waals surface area contributed by atoms with Gasteiger partial charge in [0, 0.05) is 24.8 Å². The molecule has 20 heavy (non-hydrogen) atoms. The highest BCUT2D eigenvalue weighted by Gasteiger charge is 2.15. The Labute approximate surface area is 119 Å². The highest BCUT2D eigenvalue weighted by Crippen LogP contribution is 2.28. The molecule has 1 amide bonds. The monoisotopic (exact) mass is 282 g/mol. The van der Waals surface area contributed by atoms with Gasteiger partial charge in [0.2, 0.25) is 0 Å². The Bertz CT molecular complexity index is 455. The number of amides is 1. The lowest BCUT2D eigenvalue weighted by Crippen LogP contribution is -2.34. The van der Waals surface area contributed by atoms with Crippen molar-refractivity contribution >= 4 is 11.8 Å². The molecule has 0 radical (unpaired) electrons. The molecule has 0 aliphatic heterocycles. The standard InChI is InChI=1S/C14H22N2O4/c1-14(2,3)20-13(18)16-8-7-15-10-5-6-12(19-4)11(17)9-10/h5-6,9,15,17H,7-8H2,1-4H3,(H,16,18). The van der Waals surface area contributed by atoms with E-state index in [9.17, 15) is 9.90 Å². The van der Waals surface area contributed by atoms with Crippen molar-refractivity contribution in [3.63, 3.8) is 0 Å². The second-order valence-electron chi connectivity index (χ2n) is 5.24. The molecule has 0 atom stereocenters. The van der Waals surface area contributed by atoms with Crippen molar-refractivity contribution in [1.29, 1.82) is 0 Å². The summed E-state index contributed by atoms with van der Waals surface area (Å²) in [5.74, 6) is 0.486. The predicted molar refractivity (Wildman–Crippen MR) is 77.4 cm³/mol. The quantitative estimate of drug-likeness (QED) is 0.722. The van der Waals surface area contributed by atoms with Crippen LogP contribution in [0.5, 0.6) is 11.5 Å². The maximum atomic E-state index is 11.4. The number of ether oxygens (including phenoxy) is 2. The van der Waals surface area contributed by atoms with Crippen LogP contribution in [-0.4, -0.2) is 37.0 Å². The number of phenolic OH excluding ortho intramolecular Hbond substituents is 1. The molecule has 0 aromatic heterocycles. The molecule has 0 unspecified atom stereocenters. The molecular weight excluding hydrogens is 260 g/mol. The first kappa shape index (κ1) is 15.9. The molecule has 0 bridgehead atoms. The van der Waals surface area contributed by atoms with Gasteiger partial charge in [-0.3, -0.25) is 0 Å². The van der Waals surface area contributed by atoms with Gasteiger partial charge < -0.3 is 25.2 Å². The van der Waals surface area contributed by atoms with Crippen LogP contribution >= 0.6 is 0 Å². The smallest absolute Gasteiger partial charge is 0.407 e. The second kappa shape index (κ2) is 6.88. The van der Waals surface area contributed by atoms with E-state index in [1.807, 2.05) is 20.8 Å².